The zero-order valence-electron chi connectivity index (χ0n) is 28.0. The lowest BCUT2D eigenvalue weighted by molar-refractivity contribution is 1.11. The molecule has 0 radical (unpaired) electrons. The number of hydrogen-bond donors (Lipinski definition) is 0. The lowest BCUT2D eigenvalue weighted by atomic mass is 9.34. The van der Waals surface area contributed by atoms with Crippen LogP contribution in [0.15, 0.2) is 170 Å². The summed E-state index contributed by atoms with van der Waals surface area (Å²) >= 11 is 0. The normalized spacial score (nSPS) is 13.0. The van der Waals surface area contributed by atoms with E-state index in [0.717, 1.165) is 17.1 Å². The summed E-state index contributed by atoms with van der Waals surface area (Å²) in [5, 5.41) is 2.62. The monoisotopic (exact) mass is 661 g/mol. The lowest BCUT2D eigenvalue weighted by Gasteiger charge is -2.34. The van der Waals surface area contributed by atoms with Gasteiger partial charge >= 0.3 is 0 Å². The van der Waals surface area contributed by atoms with Crippen molar-refractivity contribution in [2.24, 2.45) is 0 Å². The fraction of sp³-hybridized carbons (Fsp3) is 0. The van der Waals surface area contributed by atoms with E-state index in [0.29, 0.717) is 0 Å². The van der Waals surface area contributed by atoms with Gasteiger partial charge in [-0.05, 0) is 100.0 Å². The van der Waals surface area contributed by atoms with Gasteiger partial charge in [-0.25, -0.2) is 0 Å². The molecule has 6 heterocycles. The Kier molecular flexibility index (Phi) is 4.88. The summed E-state index contributed by atoms with van der Waals surface area (Å²) in [4.78, 5) is 2.41. The summed E-state index contributed by atoms with van der Waals surface area (Å²) in [7, 11) is 0. The van der Waals surface area contributed by atoms with Gasteiger partial charge in [0.2, 0.25) is 0 Å². The molecule has 6 heteroatoms. The van der Waals surface area contributed by atoms with Gasteiger partial charge in [0, 0.05) is 22.7 Å². The molecule has 0 fully saturated rings. The number of nitrogens with zero attached hydrogens (tertiary/aromatic N) is 5. The molecule has 4 aromatic heterocycles. The van der Waals surface area contributed by atoms with Crippen molar-refractivity contribution in [2.75, 3.05) is 4.90 Å². The van der Waals surface area contributed by atoms with Crippen LogP contribution in [0.25, 0.3) is 66.5 Å². The minimum atomic E-state index is 0.0272. The number of para-hydroxylation sites is 8. The maximum absolute atomic E-state index is 2.56. The molecule has 0 amide bonds. The molecular formula is C46H28BN5. The topological polar surface area (TPSA) is 21.9 Å². The molecule has 0 bridgehead atoms. The first-order valence-corrected chi connectivity index (χ1v) is 18.0. The fourth-order valence-electron chi connectivity index (χ4n) is 9.84. The molecule has 13 rings (SSSR count). The van der Waals surface area contributed by atoms with Crippen molar-refractivity contribution < 1.29 is 0 Å². The summed E-state index contributed by atoms with van der Waals surface area (Å²) in [5.41, 5.74) is 19.8. The van der Waals surface area contributed by atoms with E-state index in [1.165, 1.54) is 82.9 Å². The highest BCUT2D eigenvalue weighted by molar-refractivity contribution is 7.02. The Morgan fingerprint density at radius 1 is 0.346 bits per heavy atom. The predicted octanol–water partition coefficient (Wildman–Crippen LogP) is 9.00. The second-order valence-electron chi connectivity index (χ2n) is 14.2. The third-order valence-electron chi connectivity index (χ3n) is 11.7. The molecule has 0 saturated carbocycles. The van der Waals surface area contributed by atoms with Gasteiger partial charge in [0.15, 0.2) is 0 Å². The fourth-order valence-corrected chi connectivity index (χ4v) is 9.84. The summed E-state index contributed by atoms with van der Waals surface area (Å²) in [6.45, 7) is 0.0272. The van der Waals surface area contributed by atoms with E-state index >= 15 is 0 Å². The van der Waals surface area contributed by atoms with Gasteiger partial charge in [0.1, 0.15) is 11.3 Å². The molecule has 7 aromatic carbocycles. The van der Waals surface area contributed by atoms with Crippen LogP contribution in [-0.4, -0.2) is 24.6 Å². The molecule has 2 aliphatic heterocycles. The third kappa shape index (κ3) is 3.09. The largest absolute Gasteiger partial charge is 0.310 e. The summed E-state index contributed by atoms with van der Waals surface area (Å²) < 4.78 is 10.1. The molecule has 240 valence electrons. The number of anilines is 3. The standard InChI is InChI=1S/C46H28BN5/c1-3-15-29(16-4-1)48(30-17-5-2-6-18-30)31-27-40-44-41(28-31)52-39-26-14-12-24-37(39)50-35-22-10-8-20-33(35)43(46(50)52)47(44)42-32-19-7-9-21-34(32)49-36-23-11-13-25-38(36)51(40)45(42)49/h1-28H. The van der Waals surface area contributed by atoms with E-state index in [1.54, 1.807) is 0 Å². The first kappa shape index (κ1) is 26.9. The van der Waals surface area contributed by atoms with Crippen LogP contribution >= 0.6 is 0 Å². The van der Waals surface area contributed by atoms with Gasteiger partial charge in [-0.15, -0.1) is 0 Å². The van der Waals surface area contributed by atoms with Gasteiger partial charge < -0.3 is 4.90 Å². The Labute approximate surface area is 298 Å². The summed E-state index contributed by atoms with van der Waals surface area (Å²) in [5.74, 6) is 0. The first-order valence-electron chi connectivity index (χ1n) is 18.0. The van der Waals surface area contributed by atoms with E-state index < -0.39 is 0 Å². The quantitative estimate of drug-likeness (QED) is 0.173. The van der Waals surface area contributed by atoms with Crippen LogP contribution in [0.3, 0.4) is 0 Å². The lowest BCUT2D eigenvalue weighted by Crippen LogP contribution is -2.59. The van der Waals surface area contributed by atoms with Crippen LogP contribution in [0.5, 0.6) is 0 Å². The molecule has 11 aromatic rings. The van der Waals surface area contributed by atoms with Crippen molar-refractivity contribution in [3.05, 3.63) is 170 Å². The van der Waals surface area contributed by atoms with Crippen LogP contribution in [0, 0.1) is 0 Å². The molecule has 5 nitrogen and oxygen atoms in total. The van der Waals surface area contributed by atoms with Crippen LogP contribution in [-0.2, 0) is 0 Å². The number of benzene rings is 7. The molecule has 0 saturated heterocycles. The molecule has 0 unspecified atom stereocenters. The van der Waals surface area contributed by atoms with Crippen molar-refractivity contribution in [1.29, 1.82) is 0 Å². The molecule has 2 aliphatic rings. The van der Waals surface area contributed by atoms with Gasteiger partial charge in [-0.2, -0.15) is 0 Å². The number of rotatable bonds is 3. The van der Waals surface area contributed by atoms with E-state index in [4.69, 9.17) is 0 Å². The minimum absolute atomic E-state index is 0.0272. The molecule has 0 spiro atoms. The minimum Gasteiger partial charge on any atom is -0.310 e. The molecular weight excluding hydrogens is 633 g/mol. The summed E-state index contributed by atoms with van der Waals surface area (Å²) in [6, 6.07) is 62.3. The van der Waals surface area contributed by atoms with Gasteiger partial charge in [0.25, 0.3) is 6.71 Å². The third-order valence-corrected chi connectivity index (χ3v) is 11.7. The van der Waals surface area contributed by atoms with Crippen molar-refractivity contribution in [1.82, 2.24) is 17.9 Å². The zero-order chi connectivity index (χ0) is 33.7. The van der Waals surface area contributed by atoms with Crippen molar-refractivity contribution >= 4 is 95.3 Å². The van der Waals surface area contributed by atoms with E-state index in [2.05, 4.69) is 193 Å². The maximum atomic E-state index is 2.56. The highest BCUT2D eigenvalue weighted by Gasteiger charge is 2.45. The average molecular weight is 662 g/mol. The zero-order valence-corrected chi connectivity index (χ0v) is 28.0. The Morgan fingerprint density at radius 3 is 1.19 bits per heavy atom. The van der Waals surface area contributed by atoms with Crippen LogP contribution in [0.4, 0.5) is 17.1 Å². The number of aromatic nitrogens is 4. The van der Waals surface area contributed by atoms with E-state index in [9.17, 15) is 0 Å². The van der Waals surface area contributed by atoms with E-state index in [-0.39, 0.29) is 6.71 Å². The Morgan fingerprint density at radius 2 is 0.731 bits per heavy atom. The number of hydrogen-bond acceptors (Lipinski definition) is 1. The first-order chi connectivity index (χ1) is 25.9. The highest BCUT2D eigenvalue weighted by atomic mass is 15.2. The Hall–Kier alpha value is -6.92. The average Bonchev–Trinajstić information content (AvgIpc) is 3.93. The second kappa shape index (κ2) is 9.44. The Bertz CT molecular complexity index is 3090. The highest BCUT2D eigenvalue weighted by Crippen LogP contribution is 2.43. The van der Waals surface area contributed by atoms with E-state index in [1.807, 2.05) is 0 Å². The van der Waals surface area contributed by atoms with Crippen molar-refractivity contribution in [3.63, 3.8) is 0 Å². The summed E-state index contributed by atoms with van der Waals surface area (Å²) in [6.07, 6.45) is 0. The van der Waals surface area contributed by atoms with Gasteiger partial charge in [-0.3, -0.25) is 17.9 Å². The van der Waals surface area contributed by atoms with Crippen molar-refractivity contribution in [2.45, 2.75) is 0 Å². The number of imidazole rings is 2. The molecule has 52 heavy (non-hydrogen) atoms. The molecule has 0 atom stereocenters. The smallest absolute Gasteiger partial charge is 0.258 e. The molecule has 0 N–H and O–H groups in total. The van der Waals surface area contributed by atoms with Crippen LogP contribution in [0.1, 0.15) is 0 Å². The van der Waals surface area contributed by atoms with Crippen molar-refractivity contribution in [3.8, 4) is 11.4 Å². The molecule has 0 aliphatic carbocycles. The SMILES string of the molecule is c1ccc(N(c2ccccc2)c2cc3c4c(c2)-n2c5ccccc5n5c6ccccc6c(c25)B4c2c4ccccc4n4c5ccccc5n-3c24)cc1. The predicted molar refractivity (Wildman–Crippen MR) is 216 cm³/mol. The van der Waals surface area contributed by atoms with Gasteiger partial charge in [0.05, 0.1) is 38.8 Å². The van der Waals surface area contributed by atoms with Crippen LogP contribution < -0.4 is 21.3 Å². The van der Waals surface area contributed by atoms with Crippen LogP contribution in [0.2, 0.25) is 0 Å². The van der Waals surface area contributed by atoms with Gasteiger partial charge in [-0.1, -0.05) is 97.1 Å². The second-order valence-corrected chi connectivity index (χ2v) is 14.2. The maximum Gasteiger partial charge on any atom is 0.258 e. The Balaban J connectivity index is 1.30. The number of fused-ring (bicyclic) bond motifs is 16.